The molecule has 0 saturated heterocycles. The molecule has 1 rings (SSSR count). The molecular weight excluding hydrogens is 280 g/mol. The zero-order valence-electron chi connectivity index (χ0n) is 13.7. The van der Waals surface area contributed by atoms with Crippen LogP contribution in [-0.2, 0) is 9.59 Å². The number of aryl methyl sites for hydroxylation is 2. The van der Waals surface area contributed by atoms with E-state index in [1.54, 1.807) is 0 Å². The van der Waals surface area contributed by atoms with Crippen LogP contribution in [0.1, 0.15) is 37.3 Å². The molecule has 2 amide bonds. The van der Waals surface area contributed by atoms with Crippen molar-refractivity contribution in [3.63, 3.8) is 0 Å². The number of unbranched alkanes of at least 4 members (excludes halogenated alkanes) is 2. The molecule has 0 heterocycles. The minimum atomic E-state index is -0.654. The van der Waals surface area contributed by atoms with Gasteiger partial charge in [0.05, 0.1) is 6.61 Å². The fraction of sp³-hybridized carbons (Fsp3) is 0.529. The van der Waals surface area contributed by atoms with Gasteiger partial charge < -0.3 is 15.3 Å². The highest BCUT2D eigenvalue weighted by molar-refractivity contribution is 6.39. The molecule has 0 fully saturated rings. The van der Waals surface area contributed by atoms with E-state index >= 15 is 0 Å². The van der Waals surface area contributed by atoms with E-state index in [1.807, 2.05) is 32.0 Å². The second kappa shape index (κ2) is 9.20. The number of hydrogen-bond donors (Lipinski definition) is 2. The maximum absolute atomic E-state index is 12.2. The zero-order chi connectivity index (χ0) is 16.5. The molecule has 22 heavy (non-hydrogen) atoms. The molecule has 0 bridgehead atoms. The smallest absolute Gasteiger partial charge is 0.313 e. The van der Waals surface area contributed by atoms with Crippen molar-refractivity contribution in [1.82, 2.24) is 4.90 Å². The quantitative estimate of drug-likeness (QED) is 0.599. The first-order chi connectivity index (χ1) is 10.5. The van der Waals surface area contributed by atoms with Crippen molar-refractivity contribution in [2.75, 3.05) is 25.0 Å². The number of nitrogens with one attached hydrogen (secondary N) is 1. The van der Waals surface area contributed by atoms with Crippen LogP contribution in [0.4, 0.5) is 5.69 Å². The number of carbonyl (C=O) groups excluding carboxylic acids is 2. The van der Waals surface area contributed by atoms with Gasteiger partial charge in [-0.1, -0.05) is 31.9 Å². The van der Waals surface area contributed by atoms with Crippen molar-refractivity contribution >= 4 is 17.5 Å². The Morgan fingerprint density at radius 1 is 1.18 bits per heavy atom. The Morgan fingerprint density at radius 2 is 1.91 bits per heavy atom. The lowest BCUT2D eigenvalue weighted by atomic mass is 10.1. The highest BCUT2D eigenvalue weighted by atomic mass is 16.3. The van der Waals surface area contributed by atoms with Gasteiger partial charge in [0, 0.05) is 18.8 Å². The third-order valence-electron chi connectivity index (χ3n) is 3.52. The average Bonchev–Trinajstić information content (AvgIpc) is 2.49. The Morgan fingerprint density at radius 3 is 2.55 bits per heavy atom. The fourth-order valence-electron chi connectivity index (χ4n) is 2.18. The minimum Gasteiger partial charge on any atom is -0.395 e. The van der Waals surface area contributed by atoms with Gasteiger partial charge in [0.2, 0.25) is 0 Å². The number of carbonyl (C=O) groups is 2. The first kappa shape index (κ1) is 18.2. The van der Waals surface area contributed by atoms with E-state index in [2.05, 4.69) is 12.2 Å². The van der Waals surface area contributed by atoms with Crippen LogP contribution in [0.25, 0.3) is 0 Å². The van der Waals surface area contributed by atoms with Crippen LogP contribution in [0.15, 0.2) is 18.2 Å². The highest BCUT2D eigenvalue weighted by Gasteiger charge is 2.21. The van der Waals surface area contributed by atoms with Gasteiger partial charge >= 0.3 is 11.8 Å². The summed E-state index contributed by atoms with van der Waals surface area (Å²) < 4.78 is 0. The monoisotopic (exact) mass is 306 g/mol. The van der Waals surface area contributed by atoms with Gasteiger partial charge in [0.25, 0.3) is 0 Å². The SMILES string of the molecule is CCCCCN(CCO)C(=O)C(=O)Nc1cc(C)ccc1C. The van der Waals surface area contributed by atoms with Crippen LogP contribution in [0.5, 0.6) is 0 Å². The van der Waals surface area contributed by atoms with Gasteiger partial charge in [-0.2, -0.15) is 0 Å². The summed E-state index contributed by atoms with van der Waals surface area (Å²) in [6.07, 6.45) is 2.86. The molecule has 122 valence electrons. The van der Waals surface area contributed by atoms with E-state index < -0.39 is 11.8 Å². The number of anilines is 1. The molecule has 0 unspecified atom stereocenters. The predicted molar refractivity (Wildman–Crippen MR) is 87.7 cm³/mol. The third-order valence-corrected chi connectivity index (χ3v) is 3.52. The first-order valence-corrected chi connectivity index (χ1v) is 7.78. The van der Waals surface area contributed by atoms with Crippen LogP contribution in [0.3, 0.4) is 0 Å². The van der Waals surface area contributed by atoms with Gasteiger partial charge in [-0.15, -0.1) is 0 Å². The standard InChI is InChI=1S/C17H26N2O3/c1-4-5-6-9-19(10-11-20)17(22)16(21)18-15-12-13(2)7-8-14(15)3/h7-8,12,20H,4-6,9-11H2,1-3H3,(H,18,21). The molecule has 5 nitrogen and oxygen atoms in total. The summed E-state index contributed by atoms with van der Waals surface area (Å²) in [5.41, 5.74) is 2.57. The molecule has 2 N–H and O–H groups in total. The largest absolute Gasteiger partial charge is 0.395 e. The topological polar surface area (TPSA) is 69.6 Å². The number of aliphatic hydroxyl groups is 1. The fourth-order valence-corrected chi connectivity index (χ4v) is 2.18. The Labute approximate surface area is 132 Å². The van der Waals surface area contributed by atoms with Crippen LogP contribution in [0.2, 0.25) is 0 Å². The number of nitrogens with zero attached hydrogens (tertiary/aromatic N) is 1. The summed E-state index contributed by atoms with van der Waals surface area (Å²) in [4.78, 5) is 25.8. The van der Waals surface area contributed by atoms with E-state index in [4.69, 9.17) is 5.11 Å². The molecular formula is C17H26N2O3. The summed E-state index contributed by atoms with van der Waals surface area (Å²) in [5, 5.41) is 11.7. The number of hydrogen-bond acceptors (Lipinski definition) is 3. The lowest BCUT2D eigenvalue weighted by Gasteiger charge is -2.21. The molecule has 5 heteroatoms. The normalized spacial score (nSPS) is 10.4. The van der Waals surface area contributed by atoms with E-state index in [-0.39, 0.29) is 13.2 Å². The van der Waals surface area contributed by atoms with Crippen molar-refractivity contribution < 1.29 is 14.7 Å². The first-order valence-electron chi connectivity index (χ1n) is 7.78. The van der Waals surface area contributed by atoms with Gasteiger partial charge in [-0.25, -0.2) is 0 Å². The summed E-state index contributed by atoms with van der Waals surface area (Å²) in [7, 11) is 0. The number of amides is 2. The highest BCUT2D eigenvalue weighted by Crippen LogP contribution is 2.16. The Bertz CT molecular complexity index is 515. The van der Waals surface area contributed by atoms with Crippen molar-refractivity contribution in [3.8, 4) is 0 Å². The number of aliphatic hydroxyl groups excluding tert-OH is 1. The summed E-state index contributed by atoms with van der Waals surface area (Å²) >= 11 is 0. The van der Waals surface area contributed by atoms with Crippen LogP contribution in [0, 0.1) is 13.8 Å². The second-order valence-electron chi connectivity index (χ2n) is 5.50. The van der Waals surface area contributed by atoms with Gasteiger partial charge in [-0.05, 0) is 37.5 Å². The van der Waals surface area contributed by atoms with Gasteiger partial charge in [-0.3, -0.25) is 9.59 Å². The molecule has 0 aliphatic rings. The summed E-state index contributed by atoms with van der Waals surface area (Å²) in [6.45, 7) is 6.42. The van der Waals surface area contributed by atoms with E-state index in [9.17, 15) is 9.59 Å². The third kappa shape index (κ3) is 5.48. The lowest BCUT2D eigenvalue weighted by Crippen LogP contribution is -2.41. The summed E-state index contributed by atoms with van der Waals surface area (Å²) in [6, 6.07) is 5.70. The molecule has 0 saturated carbocycles. The molecule has 0 aliphatic heterocycles. The maximum atomic E-state index is 12.2. The Balaban J connectivity index is 2.71. The van der Waals surface area contributed by atoms with Crippen molar-refractivity contribution in [2.45, 2.75) is 40.0 Å². The Kier molecular flexibility index (Phi) is 7.60. The van der Waals surface area contributed by atoms with Gasteiger partial charge in [0.1, 0.15) is 0 Å². The second-order valence-corrected chi connectivity index (χ2v) is 5.50. The molecule has 0 spiro atoms. The van der Waals surface area contributed by atoms with Crippen molar-refractivity contribution in [3.05, 3.63) is 29.3 Å². The molecule has 0 radical (unpaired) electrons. The molecule has 0 aliphatic carbocycles. The van der Waals surface area contributed by atoms with E-state index in [1.165, 1.54) is 4.90 Å². The average molecular weight is 306 g/mol. The summed E-state index contributed by atoms with van der Waals surface area (Å²) in [5.74, 6) is -1.25. The molecule has 1 aromatic carbocycles. The Hall–Kier alpha value is -1.88. The lowest BCUT2D eigenvalue weighted by molar-refractivity contribution is -0.143. The maximum Gasteiger partial charge on any atom is 0.313 e. The molecule has 0 aromatic heterocycles. The molecule has 1 aromatic rings. The van der Waals surface area contributed by atoms with E-state index in [0.29, 0.717) is 12.2 Å². The van der Waals surface area contributed by atoms with E-state index in [0.717, 1.165) is 30.4 Å². The predicted octanol–water partition coefficient (Wildman–Crippen LogP) is 2.25. The minimum absolute atomic E-state index is 0.144. The molecule has 0 atom stereocenters. The van der Waals surface area contributed by atoms with Gasteiger partial charge in [0.15, 0.2) is 0 Å². The number of rotatable bonds is 7. The zero-order valence-corrected chi connectivity index (χ0v) is 13.7. The van der Waals surface area contributed by atoms with Crippen molar-refractivity contribution in [2.24, 2.45) is 0 Å². The van der Waals surface area contributed by atoms with Crippen LogP contribution >= 0.6 is 0 Å². The number of benzene rings is 1. The van der Waals surface area contributed by atoms with Crippen molar-refractivity contribution in [1.29, 1.82) is 0 Å². The van der Waals surface area contributed by atoms with Crippen LogP contribution < -0.4 is 5.32 Å². The van der Waals surface area contributed by atoms with Crippen LogP contribution in [-0.4, -0.2) is 41.5 Å².